The third-order valence-electron chi connectivity index (χ3n) is 5.73. The number of carbonyl (C=O) groups is 1. The number of thioether (sulfide) groups is 1. The molecule has 1 amide bonds. The summed E-state index contributed by atoms with van der Waals surface area (Å²) in [6.07, 6.45) is 10.2. The molecule has 31 heavy (non-hydrogen) atoms. The van der Waals surface area contributed by atoms with E-state index in [1.165, 1.54) is 25.7 Å². The van der Waals surface area contributed by atoms with E-state index in [1.807, 2.05) is 30.5 Å². The molecule has 164 valence electrons. The van der Waals surface area contributed by atoms with Crippen molar-refractivity contribution in [2.24, 2.45) is 0 Å². The fourth-order valence-electron chi connectivity index (χ4n) is 4.13. The van der Waals surface area contributed by atoms with Crippen LogP contribution in [0.3, 0.4) is 0 Å². The Morgan fingerprint density at radius 2 is 2.03 bits per heavy atom. The number of nitrogens with zero attached hydrogens (tertiary/aromatic N) is 4. The number of nitrogens with one attached hydrogen (secondary N) is 2. The van der Waals surface area contributed by atoms with Crippen LogP contribution in [0.5, 0.6) is 5.75 Å². The molecule has 1 aliphatic rings. The zero-order valence-electron chi connectivity index (χ0n) is 17.9. The number of aryl methyl sites for hydroxylation is 1. The van der Waals surface area contributed by atoms with Crippen LogP contribution in [0.1, 0.15) is 54.3 Å². The van der Waals surface area contributed by atoms with Gasteiger partial charge in [0.1, 0.15) is 11.6 Å². The van der Waals surface area contributed by atoms with Gasteiger partial charge < -0.3 is 14.6 Å². The first kappa shape index (κ1) is 21.4. The Morgan fingerprint density at radius 1 is 1.26 bits per heavy atom. The molecule has 2 heterocycles. The van der Waals surface area contributed by atoms with Gasteiger partial charge in [0.2, 0.25) is 0 Å². The summed E-state index contributed by atoms with van der Waals surface area (Å²) < 4.78 is 7.51. The highest BCUT2D eigenvalue weighted by atomic mass is 32.2. The van der Waals surface area contributed by atoms with Crippen LogP contribution in [0, 0.1) is 0 Å². The molecule has 2 aromatic heterocycles. The Hall–Kier alpha value is -2.81. The summed E-state index contributed by atoms with van der Waals surface area (Å²) in [4.78, 5) is 12.7. The minimum absolute atomic E-state index is 0.137. The van der Waals surface area contributed by atoms with E-state index in [0.29, 0.717) is 23.8 Å². The van der Waals surface area contributed by atoms with E-state index in [4.69, 9.17) is 4.74 Å². The smallest absolute Gasteiger partial charge is 0.255 e. The van der Waals surface area contributed by atoms with Gasteiger partial charge in [0, 0.05) is 24.6 Å². The van der Waals surface area contributed by atoms with Crippen LogP contribution >= 0.6 is 11.8 Å². The molecule has 0 atom stereocenters. The number of benzene rings is 1. The summed E-state index contributed by atoms with van der Waals surface area (Å²) in [5, 5.41) is 19.8. The number of ether oxygens (including phenoxy) is 1. The first-order valence-electron chi connectivity index (χ1n) is 10.6. The largest absolute Gasteiger partial charge is 0.497 e. The normalized spacial score (nSPS) is 14.1. The summed E-state index contributed by atoms with van der Waals surface area (Å²) in [6, 6.07) is 8.05. The van der Waals surface area contributed by atoms with Crippen LogP contribution in [0.15, 0.2) is 35.6 Å². The third-order valence-corrected chi connectivity index (χ3v) is 6.38. The van der Waals surface area contributed by atoms with Crippen LogP contribution in [-0.4, -0.2) is 50.8 Å². The highest BCUT2D eigenvalue weighted by Gasteiger charge is 2.23. The van der Waals surface area contributed by atoms with E-state index in [9.17, 15) is 4.79 Å². The van der Waals surface area contributed by atoms with Gasteiger partial charge in [-0.2, -0.15) is 5.10 Å². The number of rotatable bonds is 9. The molecule has 3 aromatic rings. The van der Waals surface area contributed by atoms with Crippen molar-refractivity contribution >= 4 is 17.7 Å². The summed E-state index contributed by atoms with van der Waals surface area (Å²) in [7, 11) is 1.63. The quantitative estimate of drug-likeness (QED) is 0.387. The van der Waals surface area contributed by atoms with Crippen LogP contribution in [0.2, 0.25) is 0 Å². The topological polar surface area (TPSA) is 97.7 Å². The number of hydrogen-bond acceptors (Lipinski definition) is 6. The third kappa shape index (κ3) is 4.76. The number of methoxy groups -OCH3 is 1. The minimum atomic E-state index is -0.137. The van der Waals surface area contributed by atoms with Crippen molar-refractivity contribution in [2.45, 2.75) is 49.7 Å². The number of hydrogen-bond donors (Lipinski definition) is 2. The predicted octanol–water partition coefficient (Wildman–Crippen LogP) is 3.88. The van der Waals surface area contributed by atoms with Gasteiger partial charge in [-0.05, 0) is 49.8 Å². The average Bonchev–Trinajstić information content (AvgIpc) is 3.56. The molecule has 8 nitrogen and oxygen atoms in total. The van der Waals surface area contributed by atoms with Gasteiger partial charge in [-0.25, -0.2) is 0 Å². The van der Waals surface area contributed by atoms with Gasteiger partial charge in [-0.15, -0.1) is 10.2 Å². The summed E-state index contributed by atoms with van der Waals surface area (Å²) in [6.45, 7) is 0.568. The lowest BCUT2D eigenvalue weighted by Gasteiger charge is -2.16. The van der Waals surface area contributed by atoms with Crippen molar-refractivity contribution < 1.29 is 9.53 Å². The molecule has 0 bridgehead atoms. The number of carbonyl (C=O) groups excluding carboxylic acids is 1. The fraction of sp³-hybridized carbons (Fsp3) is 0.455. The molecule has 1 aromatic carbocycles. The molecule has 1 fully saturated rings. The van der Waals surface area contributed by atoms with E-state index in [1.54, 1.807) is 25.1 Å². The maximum atomic E-state index is 12.7. The van der Waals surface area contributed by atoms with Gasteiger partial charge >= 0.3 is 0 Å². The van der Waals surface area contributed by atoms with Crippen molar-refractivity contribution in [3.8, 4) is 17.0 Å². The molecule has 9 heteroatoms. The van der Waals surface area contributed by atoms with Crippen molar-refractivity contribution in [1.29, 1.82) is 0 Å². The van der Waals surface area contributed by atoms with Crippen LogP contribution in [0.4, 0.5) is 0 Å². The van der Waals surface area contributed by atoms with Gasteiger partial charge in [0.25, 0.3) is 5.91 Å². The Kier molecular flexibility index (Phi) is 6.91. The lowest BCUT2D eigenvalue weighted by Crippen LogP contribution is -2.25. The van der Waals surface area contributed by atoms with Gasteiger partial charge in [-0.3, -0.25) is 9.89 Å². The standard InChI is InChI=1S/C22H28N6O2S/c1-30-17-11-9-15(10-12-17)20-18(14-24-26-20)21(29)23-13-5-8-19-25-27-22(31-2)28(19)16-6-3-4-7-16/h9-12,14,16H,3-8,13H2,1-2H3,(H,23,29)(H,24,26). The minimum Gasteiger partial charge on any atom is -0.497 e. The lowest BCUT2D eigenvalue weighted by molar-refractivity contribution is 0.0954. The first-order valence-corrected chi connectivity index (χ1v) is 11.9. The van der Waals surface area contributed by atoms with Crippen LogP contribution in [-0.2, 0) is 6.42 Å². The second-order valence-corrected chi connectivity index (χ2v) is 8.43. The summed E-state index contributed by atoms with van der Waals surface area (Å²) in [5.41, 5.74) is 2.12. The van der Waals surface area contributed by atoms with Gasteiger partial charge in [0.05, 0.1) is 24.6 Å². The summed E-state index contributed by atoms with van der Waals surface area (Å²) >= 11 is 1.65. The van der Waals surface area contributed by atoms with Crippen molar-refractivity contribution in [2.75, 3.05) is 19.9 Å². The molecule has 2 N–H and O–H groups in total. The van der Waals surface area contributed by atoms with E-state index < -0.39 is 0 Å². The molecular formula is C22H28N6O2S. The highest BCUT2D eigenvalue weighted by molar-refractivity contribution is 7.98. The molecule has 0 saturated heterocycles. The van der Waals surface area contributed by atoms with Crippen molar-refractivity contribution in [1.82, 2.24) is 30.3 Å². The molecule has 0 spiro atoms. The number of aromatic nitrogens is 5. The van der Waals surface area contributed by atoms with Crippen molar-refractivity contribution in [3.63, 3.8) is 0 Å². The number of H-pyrrole nitrogens is 1. The van der Waals surface area contributed by atoms with Crippen LogP contribution in [0.25, 0.3) is 11.3 Å². The highest BCUT2D eigenvalue weighted by Crippen LogP contribution is 2.33. The molecule has 0 aliphatic heterocycles. The molecule has 0 radical (unpaired) electrons. The Labute approximate surface area is 186 Å². The second kappa shape index (κ2) is 10.00. The zero-order chi connectivity index (χ0) is 21.6. The van der Waals surface area contributed by atoms with E-state index in [-0.39, 0.29) is 5.91 Å². The van der Waals surface area contributed by atoms with E-state index in [0.717, 1.165) is 35.1 Å². The number of aromatic amines is 1. The molecule has 1 aliphatic carbocycles. The first-order chi connectivity index (χ1) is 15.2. The fourth-order valence-corrected chi connectivity index (χ4v) is 4.70. The predicted molar refractivity (Wildman–Crippen MR) is 121 cm³/mol. The molecule has 4 rings (SSSR count). The molecule has 0 unspecified atom stereocenters. The maximum absolute atomic E-state index is 12.7. The monoisotopic (exact) mass is 440 g/mol. The Balaban J connectivity index is 1.35. The van der Waals surface area contributed by atoms with Gasteiger partial charge in [0.15, 0.2) is 5.16 Å². The maximum Gasteiger partial charge on any atom is 0.255 e. The Bertz CT molecular complexity index is 1010. The Morgan fingerprint density at radius 3 is 2.74 bits per heavy atom. The zero-order valence-corrected chi connectivity index (χ0v) is 18.7. The number of amides is 1. The molecule has 1 saturated carbocycles. The second-order valence-electron chi connectivity index (χ2n) is 7.66. The van der Waals surface area contributed by atoms with Gasteiger partial charge in [-0.1, -0.05) is 24.6 Å². The van der Waals surface area contributed by atoms with E-state index in [2.05, 4.69) is 30.3 Å². The van der Waals surface area contributed by atoms with Crippen LogP contribution < -0.4 is 10.1 Å². The average molecular weight is 441 g/mol. The molecular weight excluding hydrogens is 412 g/mol. The summed E-state index contributed by atoms with van der Waals surface area (Å²) in [5.74, 6) is 1.65. The van der Waals surface area contributed by atoms with Crippen molar-refractivity contribution in [3.05, 3.63) is 41.9 Å². The SMILES string of the molecule is COc1ccc(-c2[nH]ncc2C(=O)NCCCc2nnc(SC)n2C2CCCC2)cc1. The van der Waals surface area contributed by atoms with E-state index >= 15 is 0 Å². The lowest BCUT2D eigenvalue weighted by atomic mass is 10.1.